The van der Waals surface area contributed by atoms with Crippen molar-refractivity contribution in [3.05, 3.63) is 36.6 Å². The molecule has 0 N–H and O–H groups in total. The normalized spacial score (nSPS) is 16.0. The third-order valence-corrected chi connectivity index (χ3v) is 5.63. The lowest BCUT2D eigenvalue weighted by atomic mass is 10.2. The maximum Gasteiger partial charge on any atom is 0.333 e. The molecule has 1 saturated heterocycles. The average molecular weight is 400 g/mol. The topological polar surface area (TPSA) is 67.4 Å². The van der Waals surface area contributed by atoms with Crippen LogP contribution in [0.5, 0.6) is 0 Å². The van der Waals surface area contributed by atoms with Crippen molar-refractivity contribution in [3.63, 3.8) is 0 Å². The molecule has 1 aliphatic rings. The highest BCUT2D eigenvalue weighted by molar-refractivity contribution is 9.11. The first-order valence-corrected chi connectivity index (χ1v) is 8.96. The van der Waals surface area contributed by atoms with Crippen LogP contribution in [0.25, 0.3) is 0 Å². The Morgan fingerprint density at radius 3 is 2.61 bits per heavy atom. The number of hydrogen-bond acceptors (Lipinski definition) is 6. The second-order valence-electron chi connectivity index (χ2n) is 5.61. The molecule has 0 spiro atoms. The van der Waals surface area contributed by atoms with Crippen LogP contribution in [0.4, 0.5) is 11.5 Å². The molecule has 0 radical (unpaired) electrons. The first kappa shape index (κ1) is 16.4. The van der Waals surface area contributed by atoms with Gasteiger partial charge in [0.25, 0.3) is 0 Å². The molecule has 1 fully saturated rings. The highest BCUT2D eigenvalue weighted by Gasteiger charge is 2.30. The molecule has 2 aromatic rings. The van der Waals surface area contributed by atoms with Gasteiger partial charge in [-0.1, -0.05) is 0 Å². The van der Waals surface area contributed by atoms with Gasteiger partial charge >= 0.3 is 5.69 Å². The van der Waals surface area contributed by atoms with Gasteiger partial charge in [0.1, 0.15) is 5.69 Å². The van der Waals surface area contributed by atoms with E-state index in [0.29, 0.717) is 11.5 Å². The number of halogens is 1. The molecule has 0 aliphatic carbocycles. The average Bonchev–Trinajstić information content (AvgIpc) is 3.02. The van der Waals surface area contributed by atoms with E-state index in [9.17, 15) is 10.1 Å². The largest absolute Gasteiger partial charge is 0.349 e. The van der Waals surface area contributed by atoms with E-state index in [0.717, 1.165) is 36.5 Å². The monoisotopic (exact) mass is 399 g/mol. The molecule has 23 heavy (non-hydrogen) atoms. The fourth-order valence-corrected chi connectivity index (χ4v) is 4.50. The van der Waals surface area contributed by atoms with E-state index in [2.05, 4.69) is 43.0 Å². The Labute approximate surface area is 146 Å². The van der Waals surface area contributed by atoms with Crippen molar-refractivity contribution < 1.29 is 4.92 Å². The Morgan fingerprint density at radius 1 is 1.35 bits per heavy atom. The summed E-state index contributed by atoms with van der Waals surface area (Å²) < 4.78 is 2.77. The van der Waals surface area contributed by atoms with Gasteiger partial charge in [-0.05, 0) is 35.0 Å². The van der Waals surface area contributed by atoms with Crippen LogP contribution in [0.2, 0.25) is 0 Å². The van der Waals surface area contributed by atoms with Crippen molar-refractivity contribution in [1.82, 2.24) is 14.7 Å². The summed E-state index contributed by atoms with van der Waals surface area (Å²) in [6, 6.07) is 4.20. The van der Waals surface area contributed by atoms with Crippen molar-refractivity contribution >= 4 is 38.8 Å². The summed E-state index contributed by atoms with van der Waals surface area (Å²) in [4.78, 5) is 16.8. The van der Waals surface area contributed by atoms with Crippen LogP contribution in [0, 0.1) is 17.0 Å². The minimum Gasteiger partial charge on any atom is -0.349 e. The van der Waals surface area contributed by atoms with E-state index in [1.54, 1.807) is 30.0 Å². The van der Waals surface area contributed by atoms with E-state index in [-0.39, 0.29) is 10.6 Å². The number of nitrogens with zero attached hydrogens (tertiary/aromatic N) is 5. The number of aryl methyl sites for hydroxylation is 2. The minimum absolute atomic E-state index is 0.128. The first-order valence-electron chi connectivity index (χ1n) is 7.35. The zero-order valence-electron chi connectivity index (χ0n) is 13.0. The Morgan fingerprint density at radius 2 is 2.04 bits per heavy atom. The molecule has 7 nitrogen and oxygen atoms in total. The van der Waals surface area contributed by atoms with E-state index >= 15 is 0 Å². The molecule has 0 unspecified atom stereocenters. The molecule has 0 bridgehead atoms. The van der Waals surface area contributed by atoms with E-state index < -0.39 is 0 Å². The number of aromatic nitrogens is 2. The van der Waals surface area contributed by atoms with Gasteiger partial charge in [0, 0.05) is 44.6 Å². The summed E-state index contributed by atoms with van der Waals surface area (Å²) >= 11 is 5.24. The van der Waals surface area contributed by atoms with E-state index in [1.807, 2.05) is 0 Å². The van der Waals surface area contributed by atoms with E-state index in [1.165, 1.54) is 4.88 Å². The van der Waals surface area contributed by atoms with Gasteiger partial charge in [-0.25, -0.2) is 4.68 Å². The van der Waals surface area contributed by atoms with Crippen LogP contribution in [-0.2, 0) is 13.6 Å². The maximum absolute atomic E-state index is 11.3. The number of rotatable bonds is 4. The maximum atomic E-state index is 11.3. The quantitative estimate of drug-likeness (QED) is 0.583. The predicted molar refractivity (Wildman–Crippen MR) is 94.1 cm³/mol. The van der Waals surface area contributed by atoms with Crippen LogP contribution in [-0.4, -0.2) is 45.8 Å². The molecule has 0 saturated carbocycles. The summed E-state index contributed by atoms with van der Waals surface area (Å²) in [6.07, 6.45) is 0. The molecule has 3 heterocycles. The molecule has 3 rings (SSSR count). The lowest BCUT2D eigenvalue weighted by Crippen LogP contribution is -2.46. The van der Waals surface area contributed by atoms with Gasteiger partial charge in [-0.15, -0.1) is 11.3 Å². The number of piperazine rings is 1. The van der Waals surface area contributed by atoms with Crippen LogP contribution >= 0.6 is 27.3 Å². The second kappa shape index (κ2) is 6.58. The fourth-order valence-electron chi connectivity index (χ4n) is 2.98. The lowest BCUT2D eigenvalue weighted by Gasteiger charge is -2.35. The van der Waals surface area contributed by atoms with Gasteiger partial charge in [0.15, 0.2) is 0 Å². The zero-order valence-corrected chi connectivity index (χ0v) is 15.4. The highest BCUT2D eigenvalue weighted by Crippen LogP contribution is 2.31. The summed E-state index contributed by atoms with van der Waals surface area (Å²) in [7, 11) is 1.77. The zero-order chi connectivity index (χ0) is 16.6. The standard InChI is InChI=1S/C14H18BrN5O2S/c1-10-13(20(21)22)14(17(2)16-10)19-7-5-18(6-8-19)9-11-3-4-12(15)23-11/h3-4H,5-9H2,1-2H3. The number of hydrogen-bond donors (Lipinski definition) is 0. The molecule has 124 valence electrons. The van der Waals surface area contributed by atoms with Crippen molar-refractivity contribution in [2.24, 2.45) is 7.05 Å². The molecule has 2 aromatic heterocycles. The second-order valence-corrected chi connectivity index (χ2v) is 8.15. The summed E-state index contributed by atoms with van der Waals surface area (Å²) in [5.41, 5.74) is 0.599. The van der Waals surface area contributed by atoms with Crippen molar-refractivity contribution in [3.8, 4) is 0 Å². The van der Waals surface area contributed by atoms with Crippen molar-refractivity contribution in [1.29, 1.82) is 0 Å². The van der Waals surface area contributed by atoms with Crippen LogP contribution in [0.1, 0.15) is 10.6 Å². The van der Waals surface area contributed by atoms with Crippen LogP contribution in [0.15, 0.2) is 15.9 Å². The van der Waals surface area contributed by atoms with Crippen LogP contribution in [0.3, 0.4) is 0 Å². The third kappa shape index (κ3) is 3.41. The summed E-state index contributed by atoms with van der Waals surface area (Å²) in [6.45, 7) is 5.93. The molecule has 9 heteroatoms. The van der Waals surface area contributed by atoms with Gasteiger partial charge < -0.3 is 4.90 Å². The Bertz CT molecular complexity index is 721. The summed E-state index contributed by atoms with van der Waals surface area (Å²) in [5.74, 6) is 0.617. The predicted octanol–water partition coefficient (Wildman–Crippen LogP) is 2.78. The molecule has 0 atom stereocenters. The SMILES string of the molecule is Cc1nn(C)c(N2CCN(Cc3ccc(Br)s3)CC2)c1[N+](=O)[O-]. The molecule has 1 aliphatic heterocycles. The summed E-state index contributed by atoms with van der Waals surface area (Å²) in [5, 5.41) is 15.5. The van der Waals surface area contributed by atoms with Crippen molar-refractivity contribution in [2.75, 3.05) is 31.1 Å². The van der Waals surface area contributed by atoms with Crippen LogP contribution < -0.4 is 4.90 Å². The molecule has 0 amide bonds. The molecular weight excluding hydrogens is 382 g/mol. The lowest BCUT2D eigenvalue weighted by molar-refractivity contribution is -0.384. The number of thiophene rings is 1. The third-order valence-electron chi connectivity index (χ3n) is 4.02. The van der Waals surface area contributed by atoms with Crippen molar-refractivity contribution in [2.45, 2.75) is 13.5 Å². The van der Waals surface area contributed by atoms with Gasteiger partial charge in [0.05, 0.1) is 8.71 Å². The van der Waals surface area contributed by atoms with Gasteiger partial charge in [-0.2, -0.15) is 5.10 Å². The molecular formula is C14H18BrN5O2S. The molecule has 0 aromatic carbocycles. The Hall–Kier alpha value is -1.45. The van der Waals surface area contributed by atoms with Gasteiger partial charge in [-0.3, -0.25) is 15.0 Å². The smallest absolute Gasteiger partial charge is 0.333 e. The first-order chi connectivity index (χ1) is 11.0. The highest BCUT2D eigenvalue weighted by atomic mass is 79.9. The van der Waals surface area contributed by atoms with E-state index in [4.69, 9.17) is 0 Å². The minimum atomic E-state index is -0.326. The Kier molecular flexibility index (Phi) is 4.69. The Balaban J connectivity index is 1.68. The van der Waals surface area contributed by atoms with Gasteiger partial charge in [0.2, 0.25) is 5.82 Å². The number of anilines is 1. The fraction of sp³-hybridized carbons (Fsp3) is 0.500. The number of nitro groups is 1.